The summed E-state index contributed by atoms with van der Waals surface area (Å²) in [6, 6.07) is 5.30. The highest BCUT2D eigenvalue weighted by atomic mass is 32.1. The van der Waals surface area contributed by atoms with Gasteiger partial charge in [-0.15, -0.1) is 22.7 Å². The van der Waals surface area contributed by atoms with Crippen LogP contribution in [0.25, 0.3) is 0 Å². The topological polar surface area (TPSA) is 65.8 Å². The summed E-state index contributed by atoms with van der Waals surface area (Å²) in [6.07, 6.45) is 5.10. The number of carbonyl (C=O) groups excluding carboxylic acids is 1. The second-order valence-corrected chi connectivity index (χ2v) is 7.31. The predicted molar refractivity (Wildman–Crippen MR) is 94.9 cm³/mol. The van der Waals surface area contributed by atoms with Crippen molar-refractivity contribution in [2.45, 2.75) is 52.0 Å². The second kappa shape index (κ2) is 8.80. The minimum atomic E-state index is -0.599. The standard InChI is InChI=1S/C17H21N3OS2/c1-3-5-6-9-15-19-12(4-2)16(23-15)17(21)20-13(11-18)14-8-7-10-22-14/h7-8,10,13H,3-6,9H2,1-2H3,(H,20,21). The van der Waals surface area contributed by atoms with Crippen molar-refractivity contribution in [3.05, 3.63) is 38.0 Å². The number of carbonyl (C=O) groups is 1. The molecule has 23 heavy (non-hydrogen) atoms. The van der Waals surface area contributed by atoms with Gasteiger partial charge in [-0.1, -0.05) is 32.8 Å². The molecular weight excluding hydrogens is 326 g/mol. The molecule has 4 nitrogen and oxygen atoms in total. The molecule has 2 aromatic heterocycles. The molecule has 0 aromatic carbocycles. The van der Waals surface area contributed by atoms with Crippen LogP contribution >= 0.6 is 22.7 Å². The van der Waals surface area contributed by atoms with Crippen LogP contribution in [0.5, 0.6) is 0 Å². The third-order valence-corrected chi connectivity index (χ3v) is 5.60. The quantitative estimate of drug-likeness (QED) is 0.715. The molecule has 0 aliphatic rings. The van der Waals surface area contributed by atoms with Gasteiger partial charge in [-0.05, 0) is 30.7 Å². The van der Waals surface area contributed by atoms with Crippen LogP contribution in [0.4, 0.5) is 0 Å². The fourth-order valence-corrected chi connectivity index (χ4v) is 4.09. The zero-order chi connectivity index (χ0) is 16.7. The maximum absolute atomic E-state index is 12.5. The smallest absolute Gasteiger partial charge is 0.264 e. The van der Waals surface area contributed by atoms with E-state index < -0.39 is 6.04 Å². The summed E-state index contributed by atoms with van der Waals surface area (Å²) in [4.78, 5) is 18.6. The number of hydrogen-bond donors (Lipinski definition) is 1. The molecule has 6 heteroatoms. The van der Waals surface area contributed by atoms with E-state index in [1.807, 2.05) is 24.4 Å². The second-order valence-electron chi connectivity index (χ2n) is 5.25. The van der Waals surface area contributed by atoms with E-state index >= 15 is 0 Å². The van der Waals surface area contributed by atoms with Gasteiger partial charge in [0.05, 0.1) is 16.8 Å². The van der Waals surface area contributed by atoms with Crippen molar-refractivity contribution >= 4 is 28.6 Å². The summed E-state index contributed by atoms with van der Waals surface area (Å²) in [5, 5.41) is 15.0. The molecule has 2 aromatic rings. The summed E-state index contributed by atoms with van der Waals surface area (Å²) >= 11 is 2.94. The zero-order valence-electron chi connectivity index (χ0n) is 13.5. The van der Waals surface area contributed by atoms with Crippen LogP contribution in [0, 0.1) is 11.3 Å². The lowest BCUT2D eigenvalue weighted by Gasteiger charge is -2.09. The van der Waals surface area contributed by atoms with Crippen LogP contribution in [0.15, 0.2) is 17.5 Å². The minimum absolute atomic E-state index is 0.193. The number of hydrogen-bond acceptors (Lipinski definition) is 5. The number of unbranched alkanes of at least 4 members (excludes halogenated alkanes) is 2. The van der Waals surface area contributed by atoms with Gasteiger partial charge in [0.1, 0.15) is 4.88 Å². The molecule has 0 aliphatic heterocycles. The number of nitrogens with one attached hydrogen (secondary N) is 1. The number of nitrogens with zero attached hydrogens (tertiary/aromatic N) is 2. The monoisotopic (exact) mass is 347 g/mol. The Morgan fingerprint density at radius 3 is 2.87 bits per heavy atom. The van der Waals surface area contributed by atoms with Crippen LogP contribution in [0.1, 0.15) is 64.4 Å². The van der Waals surface area contributed by atoms with E-state index in [0.29, 0.717) is 4.88 Å². The zero-order valence-corrected chi connectivity index (χ0v) is 15.1. The van der Waals surface area contributed by atoms with E-state index in [9.17, 15) is 10.1 Å². The SMILES string of the molecule is CCCCCc1nc(CC)c(C(=O)NC(C#N)c2cccs2)s1. The molecule has 1 unspecified atom stereocenters. The predicted octanol–water partition coefficient (Wildman–Crippen LogP) is 4.49. The summed E-state index contributed by atoms with van der Waals surface area (Å²) < 4.78 is 0. The van der Waals surface area contributed by atoms with E-state index in [-0.39, 0.29) is 5.91 Å². The highest BCUT2D eigenvalue weighted by Crippen LogP contribution is 2.24. The Morgan fingerprint density at radius 1 is 1.43 bits per heavy atom. The van der Waals surface area contributed by atoms with E-state index in [2.05, 4.69) is 23.3 Å². The van der Waals surface area contributed by atoms with Crippen molar-refractivity contribution in [2.24, 2.45) is 0 Å². The molecule has 0 saturated carbocycles. The molecule has 0 aliphatic carbocycles. The number of amides is 1. The van der Waals surface area contributed by atoms with Gasteiger partial charge in [-0.3, -0.25) is 4.79 Å². The molecule has 2 rings (SSSR count). The van der Waals surface area contributed by atoms with Gasteiger partial charge in [0.15, 0.2) is 6.04 Å². The van der Waals surface area contributed by atoms with Gasteiger partial charge in [-0.25, -0.2) is 4.98 Å². The molecule has 0 bridgehead atoms. The first-order chi connectivity index (χ1) is 11.2. The van der Waals surface area contributed by atoms with E-state index in [1.54, 1.807) is 0 Å². The largest absolute Gasteiger partial charge is 0.331 e. The Hall–Kier alpha value is -1.71. The number of rotatable bonds is 8. The van der Waals surface area contributed by atoms with Crippen molar-refractivity contribution in [1.29, 1.82) is 5.26 Å². The number of nitriles is 1. The summed E-state index contributed by atoms with van der Waals surface area (Å²) in [5.41, 5.74) is 0.835. The fraction of sp³-hybridized carbons (Fsp3) is 0.471. The molecule has 122 valence electrons. The average Bonchev–Trinajstić information content (AvgIpc) is 3.22. The third kappa shape index (κ3) is 4.63. The third-order valence-electron chi connectivity index (χ3n) is 3.51. The molecular formula is C17H21N3OS2. The molecule has 2 heterocycles. The highest BCUT2D eigenvalue weighted by molar-refractivity contribution is 7.13. The fourth-order valence-electron chi connectivity index (χ4n) is 2.27. The van der Waals surface area contributed by atoms with Gasteiger partial charge in [0.2, 0.25) is 0 Å². The number of thiazole rings is 1. The Morgan fingerprint density at radius 2 is 2.26 bits per heavy atom. The van der Waals surface area contributed by atoms with Crippen LogP contribution in [0.2, 0.25) is 0 Å². The van der Waals surface area contributed by atoms with Crippen LogP contribution < -0.4 is 5.32 Å². The van der Waals surface area contributed by atoms with Crippen LogP contribution in [0.3, 0.4) is 0 Å². The van der Waals surface area contributed by atoms with Crippen molar-refractivity contribution in [3.63, 3.8) is 0 Å². The van der Waals surface area contributed by atoms with Gasteiger partial charge >= 0.3 is 0 Å². The average molecular weight is 348 g/mol. The summed E-state index contributed by atoms with van der Waals surface area (Å²) in [5.74, 6) is -0.193. The maximum Gasteiger partial charge on any atom is 0.264 e. The van der Waals surface area contributed by atoms with Crippen molar-refractivity contribution < 1.29 is 4.79 Å². The number of aryl methyl sites for hydroxylation is 2. The van der Waals surface area contributed by atoms with Crippen LogP contribution in [-0.4, -0.2) is 10.9 Å². The number of aromatic nitrogens is 1. The van der Waals surface area contributed by atoms with E-state index in [0.717, 1.165) is 34.8 Å². The molecule has 1 amide bonds. The Bertz CT molecular complexity index is 671. The van der Waals surface area contributed by atoms with E-state index in [4.69, 9.17) is 0 Å². The first-order valence-electron chi connectivity index (χ1n) is 7.92. The summed E-state index contributed by atoms with van der Waals surface area (Å²) in [7, 11) is 0. The highest BCUT2D eigenvalue weighted by Gasteiger charge is 2.21. The first kappa shape index (κ1) is 17.6. The summed E-state index contributed by atoms with van der Waals surface area (Å²) in [6.45, 7) is 4.17. The molecule has 0 radical (unpaired) electrons. The maximum atomic E-state index is 12.5. The Kier molecular flexibility index (Phi) is 6.75. The number of thiophene rings is 1. The van der Waals surface area contributed by atoms with Crippen molar-refractivity contribution in [2.75, 3.05) is 0 Å². The lowest BCUT2D eigenvalue weighted by atomic mass is 10.2. The molecule has 1 atom stereocenters. The van der Waals surface area contributed by atoms with Crippen molar-refractivity contribution in [3.8, 4) is 6.07 Å². The van der Waals surface area contributed by atoms with Crippen LogP contribution in [-0.2, 0) is 12.8 Å². The normalized spacial score (nSPS) is 11.9. The minimum Gasteiger partial charge on any atom is -0.331 e. The molecule has 0 fully saturated rings. The molecule has 0 spiro atoms. The van der Waals surface area contributed by atoms with Gasteiger partial charge in [0, 0.05) is 4.88 Å². The first-order valence-corrected chi connectivity index (χ1v) is 9.61. The van der Waals surface area contributed by atoms with Crippen molar-refractivity contribution in [1.82, 2.24) is 10.3 Å². The van der Waals surface area contributed by atoms with E-state index in [1.165, 1.54) is 35.5 Å². The lowest BCUT2D eigenvalue weighted by Crippen LogP contribution is -2.27. The Balaban J connectivity index is 2.10. The molecule has 1 N–H and O–H groups in total. The Labute approximate surface area is 145 Å². The lowest BCUT2D eigenvalue weighted by molar-refractivity contribution is 0.0948. The molecule has 0 saturated heterocycles. The van der Waals surface area contributed by atoms with Gasteiger partial charge in [-0.2, -0.15) is 5.26 Å². The van der Waals surface area contributed by atoms with Gasteiger partial charge < -0.3 is 5.32 Å². The van der Waals surface area contributed by atoms with Gasteiger partial charge in [0.25, 0.3) is 5.91 Å².